The molecule has 0 aliphatic rings. The van der Waals surface area contributed by atoms with Crippen LogP contribution in [0.3, 0.4) is 0 Å². The third-order valence-electron chi connectivity index (χ3n) is 1.43. The molecule has 0 aliphatic carbocycles. The van der Waals surface area contributed by atoms with E-state index in [-0.39, 0.29) is 78.9 Å². The summed E-state index contributed by atoms with van der Waals surface area (Å²) in [6.07, 6.45) is 0. The van der Waals surface area contributed by atoms with Crippen LogP contribution >= 0.6 is 15.6 Å². The van der Waals surface area contributed by atoms with Gasteiger partial charge in [0.15, 0.2) is 6.61 Å². The standard InChI is InChI=1S/C6H14N2O11P2.2Na/c7-8-5(9)3-16-1-2-17-6(10)4-18-21(14,15)19-20(11,12)13;;/h1-4,7H2,(H,8,9)(H,14,15)(H2,11,12,13);;/q;2*+1/p-2. The Bertz CT molecular complexity index is 458. The second-order valence-electron chi connectivity index (χ2n) is 3.11. The molecular formula is C6H12N2Na2O11P2. The van der Waals surface area contributed by atoms with E-state index < -0.39 is 34.1 Å². The molecule has 0 heterocycles. The maximum Gasteiger partial charge on any atom is 1.00 e. The van der Waals surface area contributed by atoms with Crippen molar-refractivity contribution in [3.05, 3.63) is 0 Å². The monoisotopic (exact) mass is 396 g/mol. The van der Waals surface area contributed by atoms with Gasteiger partial charge in [0.2, 0.25) is 0 Å². The van der Waals surface area contributed by atoms with E-state index in [1.165, 1.54) is 0 Å². The Morgan fingerprint density at radius 1 is 1.13 bits per heavy atom. The van der Waals surface area contributed by atoms with E-state index in [4.69, 9.17) is 10.7 Å². The van der Waals surface area contributed by atoms with Crippen LogP contribution in [0.2, 0.25) is 0 Å². The van der Waals surface area contributed by atoms with Crippen molar-refractivity contribution in [1.82, 2.24) is 5.43 Å². The minimum Gasteiger partial charge on any atom is -0.789 e. The van der Waals surface area contributed by atoms with Gasteiger partial charge in [-0.25, -0.2) is 15.2 Å². The number of carbonyl (C=O) groups is 2. The van der Waals surface area contributed by atoms with Crippen LogP contribution in [0.25, 0.3) is 0 Å². The third kappa shape index (κ3) is 19.3. The van der Waals surface area contributed by atoms with E-state index in [2.05, 4.69) is 18.3 Å². The number of hydrogen-bond donors (Lipinski definition) is 3. The third-order valence-corrected chi connectivity index (χ3v) is 3.51. The molecular weight excluding hydrogens is 384 g/mol. The first-order valence-corrected chi connectivity index (χ1v) is 7.95. The maximum absolute atomic E-state index is 11.0. The van der Waals surface area contributed by atoms with E-state index in [1.807, 2.05) is 0 Å². The van der Waals surface area contributed by atoms with Crippen LogP contribution in [0.4, 0.5) is 0 Å². The van der Waals surface area contributed by atoms with Crippen molar-refractivity contribution in [2.45, 2.75) is 0 Å². The summed E-state index contributed by atoms with van der Waals surface area (Å²) in [5.74, 6) is 2.98. The molecule has 0 spiro atoms. The van der Waals surface area contributed by atoms with Crippen LogP contribution < -0.4 is 80.2 Å². The number of nitrogens with two attached hydrogens (primary N) is 1. The fraction of sp³-hybridized carbons (Fsp3) is 0.667. The van der Waals surface area contributed by atoms with Crippen molar-refractivity contribution in [1.29, 1.82) is 0 Å². The number of esters is 1. The Balaban J connectivity index is -0.00000200. The number of phosphoric acid groups is 2. The van der Waals surface area contributed by atoms with Crippen LogP contribution in [0, 0.1) is 0 Å². The predicted octanol–water partition coefficient (Wildman–Crippen LogP) is -9.49. The topological polar surface area (TPSA) is 210 Å². The Morgan fingerprint density at radius 3 is 2.17 bits per heavy atom. The normalized spacial score (nSPS) is 13.0. The number of nitrogens with one attached hydrogen (secondary N) is 1. The van der Waals surface area contributed by atoms with Crippen LogP contribution in [-0.2, 0) is 37.0 Å². The predicted molar refractivity (Wildman–Crippen MR) is 58.6 cm³/mol. The molecule has 124 valence electrons. The molecule has 0 radical (unpaired) electrons. The molecule has 1 amide bonds. The summed E-state index contributed by atoms with van der Waals surface area (Å²) in [5, 5.41) is 0. The first kappa shape index (κ1) is 28.9. The van der Waals surface area contributed by atoms with Gasteiger partial charge in [-0.1, -0.05) is 0 Å². The number of carbonyl (C=O) groups excluding carboxylic acids is 2. The van der Waals surface area contributed by atoms with Crippen molar-refractivity contribution in [2.24, 2.45) is 5.84 Å². The fourth-order valence-electron chi connectivity index (χ4n) is 0.747. The van der Waals surface area contributed by atoms with Crippen molar-refractivity contribution in [2.75, 3.05) is 26.4 Å². The zero-order chi connectivity index (χ0) is 16.5. The van der Waals surface area contributed by atoms with Gasteiger partial charge in [0.1, 0.15) is 13.2 Å². The summed E-state index contributed by atoms with van der Waals surface area (Å²) in [7, 11) is -11.0. The molecule has 13 nitrogen and oxygen atoms in total. The fourth-order valence-corrected chi connectivity index (χ4v) is 2.21. The van der Waals surface area contributed by atoms with Gasteiger partial charge in [0.25, 0.3) is 5.91 Å². The quantitative estimate of drug-likeness (QED) is 0.0598. The molecule has 1 atom stereocenters. The molecule has 0 aromatic rings. The number of amides is 1. The smallest absolute Gasteiger partial charge is 0.789 e. The van der Waals surface area contributed by atoms with Gasteiger partial charge in [-0.3, -0.25) is 19.1 Å². The molecule has 23 heavy (non-hydrogen) atoms. The summed E-state index contributed by atoms with van der Waals surface area (Å²) in [6.45, 7) is -2.01. The Morgan fingerprint density at radius 2 is 1.70 bits per heavy atom. The van der Waals surface area contributed by atoms with Crippen LogP contribution in [0.15, 0.2) is 0 Å². The van der Waals surface area contributed by atoms with Crippen LogP contribution in [-0.4, -0.2) is 43.2 Å². The molecule has 4 N–H and O–H groups in total. The van der Waals surface area contributed by atoms with Gasteiger partial charge >= 0.3 is 72.9 Å². The minimum atomic E-state index is -5.75. The average molecular weight is 396 g/mol. The van der Waals surface area contributed by atoms with E-state index >= 15 is 0 Å². The minimum absolute atomic E-state index is 0. The Kier molecular flexibility index (Phi) is 18.0. The summed E-state index contributed by atoms with van der Waals surface area (Å²) in [6, 6.07) is 0. The number of hydrogen-bond acceptors (Lipinski definition) is 11. The van der Waals surface area contributed by atoms with E-state index in [0.29, 0.717) is 0 Å². The van der Waals surface area contributed by atoms with Crippen molar-refractivity contribution >= 4 is 27.5 Å². The average Bonchev–Trinajstić information content (AvgIpc) is 2.33. The first-order chi connectivity index (χ1) is 9.56. The summed E-state index contributed by atoms with van der Waals surface area (Å²) >= 11 is 0. The second kappa shape index (κ2) is 14.3. The largest absolute Gasteiger partial charge is 1.00 e. The molecule has 0 saturated heterocycles. The number of rotatable bonds is 10. The van der Waals surface area contributed by atoms with Gasteiger partial charge in [0.05, 0.1) is 14.4 Å². The van der Waals surface area contributed by atoms with E-state index in [1.54, 1.807) is 5.43 Å². The van der Waals surface area contributed by atoms with Gasteiger partial charge < -0.3 is 28.7 Å². The van der Waals surface area contributed by atoms with Gasteiger partial charge in [-0.15, -0.1) is 0 Å². The SMILES string of the molecule is NNC(=O)COCCOC(=O)COP(=O)(O)OP(=O)([O-])[O-].[Na+].[Na+]. The van der Waals surface area contributed by atoms with Crippen molar-refractivity contribution < 1.29 is 111 Å². The molecule has 0 fully saturated rings. The van der Waals surface area contributed by atoms with Gasteiger partial charge in [0, 0.05) is 0 Å². The number of hydrazine groups is 1. The molecule has 0 aromatic carbocycles. The van der Waals surface area contributed by atoms with Crippen LogP contribution in [0.1, 0.15) is 0 Å². The van der Waals surface area contributed by atoms with Gasteiger partial charge in [-0.05, 0) is 0 Å². The Labute approximate surface area is 175 Å². The zero-order valence-electron chi connectivity index (χ0n) is 12.3. The Hall–Kier alpha value is 1.12. The number of phosphoric ester groups is 1. The molecule has 0 aromatic heterocycles. The maximum atomic E-state index is 11.0. The number of ether oxygens (including phenoxy) is 2. The molecule has 1 unspecified atom stereocenters. The summed E-state index contributed by atoms with van der Waals surface area (Å²) < 4.78 is 37.2. The molecule has 0 aliphatic heterocycles. The molecule has 0 saturated carbocycles. The first-order valence-electron chi connectivity index (χ1n) is 4.99. The van der Waals surface area contributed by atoms with Crippen molar-refractivity contribution in [3.8, 4) is 0 Å². The van der Waals surface area contributed by atoms with E-state index in [0.717, 1.165) is 0 Å². The molecule has 17 heteroatoms. The zero-order valence-corrected chi connectivity index (χ0v) is 18.1. The van der Waals surface area contributed by atoms with Gasteiger partial charge in [-0.2, -0.15) is 0 Å². The second-order valence-corrected chi connectivity index (χ2v) is 5.85. The van der Waals surface area contributed by atoms with E-state index in [9.17, 15) is 28.5 Å². The summed E-state index contributed by atoms with van der Waals surface area (Å²) in [5.41, 5.74) is 1.78. The van der Waals surface area contributed by atoms with Crippen molar-refractivity contribution in [3.63, 3.8) is 0 Å². The summed E-state index contributed by atoms with van der Waals surface area (Å²) in [4.78, 5) is 50.5. The molecule has 0 rings (SSSR count). The molecule has 0 bridgehead atoms. The van der Waals surface area contributed by atoms with Crippen LogP contribution in [0.5, 0.6) is 0 Å².